The third-order valence-electron chi connectivity index (χ3n) is 5.59. The van der Waals surface area contributed by atoms with Crippen molar-refractivity contribution in [3.05, 3.63) is 48.3 Å². The van der Waals surface area contributed by atoms with Gasteiger partial charge in [0, 0.05) is 37.8 Å². The average molecular weight is 383 g/mol. The van der Waals surface area contributed by atoms with E-state index in [1.165, 1.54) is 6.42 Å². The van der Waals surface area contributed by atoms with Gasteiger partial charge in [0.1, 0.15) is 17.8 Å². The van der Waals surface area contributed by atoms with Crippen LogP contribution in [0.4, 0.5) is 5.82 Å². The molecule has 0 spiro atoms. The molecule has 0 N–H and O–H groups in total. The molecule has 1 amide bonds. The minimum atomic E-state index is -0.196. The van der Waals surface area contributed by atoms with Crippen LogP contribution in [-0.2, 0) is 4.79 Å². The van der Waals surface area contributed by atoms with Gasteiger partial charge in [0.15, 0.2) is 5.82 Å². The van der Waals surface area contributed by atoms with Crippen LogP contribution in [0, 0.1) is 17.8 Å². The van der Waals surface area contributed by atoms with Crippen molar-refractivity contribution in [3.8, 4) is 23.1 Å². The van der Waals surface area contributed by atoms with E-state index in [0.29, 0.717) is 0 Å². The molecule has 6 nitrogen and oxygen atoms in total. The molecule has 3 aromatic rings. The molecule has 0 aliphatic carbocycles. The summed E-state index contributed by atoms with van der Waals surface area (Å²) in [6, 6.07) is 12.0. The van der Waals surface area contributed by atoms with E-state index in [1.54, 1.807) is 11.2 Å². The maximum atomic E-state index is 12.1. The number of pyridine rings is 1. The van der Waals surface area contributed by atoms with Crippen LogP contribution in [0.25, 0.3) is 22.3 Å². The fourth-order valence-corrected chi connectivity index (χ4v) is 3.73. The molecule has 4 heterocycles. The van der Waals surface area contributed by atoms with Crippen molar-refractivity contribution in [2.45, 2.75) is 12.8 Å². The molecular formula is C23H21N5O. The number of rotatable bonds is 2. The Labute approximate surface area is 169 Å². The minimum Gasteiger partial charge on any atom is -0.355 e. The SMILES string of the molecule is CN1CC[C@H](C#Cc2cccc(-c3ccc4ncnc(N5CCC5)c4n3)c2)C1=O. The molecule has 2 fully saturated rings. The molecule has 0 bridgehead atoms. The second-order valence-electron chi connectivity index (χ2n) is 7.55. The zero-order valence-electron chi connectivity index (χ0n) is 16.3. The highest BCUT2D eigenvalue weighted by Crippen LogP contribution is 2.28. The molecule has 144 valence electrons. The van der Waals surface area contributed by atoms with Crippen molar-refractivity contribution >= 4 is 22.8 Å². The molecule has 2 aromatic heterocycles. The Kier molecular flexibility index (Phi) is 4.36. The number of carbonyl (C=O) groups is 1. The zero-order chi connectivity index (χ0) is 19.8. The van der Waals surface area contributed by atoms with E-state index < -0.39 is 0 Å². The Morgan fingerprint density at radius 2 is 2.00 bits per heavy atom. The lowest BCUT2D eigenvalue weighted by Crippen LogP contribution is -2.37. The summed E-state index contributed by atoms with van der Waals surface area (Å²) >= 11 is 0. The van der Waals surface area contributed by atoms with Gasteiger partial charge in [0.05, 0.1) is 11.2 Å². The van der Waals surface area contributed by atoms with E-state index in [1.807, 2.05) is 43.4 Å². The molecule has 0 radical (unpaired) electrons. The summed E-state index contributed by atoms with van der Waals surface area (Å²) < 4.78 is 0. The quantitative estimate of drug-likeness (QED) is 0.637. The highest BCUT2D eigenvalue weighted by atomic mass is 16.2. The molecule has 2 aliphatic heterocycles. The molecule has 1 atom stereocenters. The van der Waals surface area contributed by atoms with Crippen LogP contribution in [0.2, 0.25) is 0 Å². The largest absolute Gasteiger partial charge is 0.355 e. The molecule has 5 rings (SSSR count). The lowest BCUT2D eigenvalue weighted by atomic mass is 10.1. The number of fused-ring (bicyclic) bond motifs is 1. The van der Waals surface area contributed by atoms with E-state index in [4.69, 9.17) is 4.98 Å². The first-order chi connectivity index (χ1) is 14.2. The number of carbonyl (C=O) groups excluding carboxylic acids is 1. The van der Waals surface area contributed by atoms with Crippen LogP contribution in [-0.4, -0.2) is 52.4 Å². The number of hydrogen-bond donors (Lipinski definition) is 0. The van der Waals surface area contributed by atoms with Gasteiger partial charge in [0.25, 0.3) is 0 Å². The van der Waals surface area contributed by atoms with E-state index in [2.05, 4.69) is 26.7 Å². The lowest BCUT2D eigenvalue weighted by molar-refractivity contribution is -0.128. The highest BCUT2D eigenvalue weighted by molar-refractivity contribution is 5.88. The Bertz CT molecular complexity index is 1160. The first-order valence-corrected chi connectivity index (χ1v) is 9.93. The van der Waals surface area contributed by atoms with Gasteiger partial charge in [-0.25, -0.2) is 15.0 Å². The summed E-state index contributed by atoms with van der Waals surface area (Å²) in [5.41, 5.74) is 4.44. The van der Waals surface area contributed by atoms with Crippen LogP contribution in [0.1, 0.15) is 18.4 Å². The van der Waals surface area contributed by atoms with Crippen molar-refractivity contribution in [1.29, 1.82) is 0 Å². The molecule has 1 aromatic carbocycles. The van der Waals surface area contributed by atoms with Crippen LogP contribution < -0.4 is 4.90 Å². The summed E-state index contributed by atoms with van der Waals surface area (Å²) in [7, 11) is 1.83. The van der Waals surface area contributed by atoms with Crippen molar-refractivity contribution in [2.75, 3.05) is 31.6 Å². The Morgan fingerprint density at radius 3 is 2.76 bits per heavy atom. The molecule has 6 heteroatoms. The third kappa shape index (κ3) is 3.29. The normalized spacial score (nSPS) is 18.5. The van der Waals surface area contributed by atoms with Gasteiger partial charge in [-0.05, 0) is 37.1 Å². The first kappa shape index (κ1) is 17.6. The molecule has 29 heavy (non-hydrogen) atoms. The summed E-state index contributed by atoms with van der Waals surface area (Å²) in [5, 5.41) is 0. The van der Waals surface area contributed by atoms with E-state index in [-0.39, 0.29) is 11.8 Å². The predicted octanol–water partition coefficient (Wildman–Crippen LogP) is 2.73. The highest BCUT2D eigenvalue weighted by Gasteiger charge is 2.27. The molecule has 2 aliphatic rings. The van der Waals surface area contributed by atoms with Gasteiger partial charge in [-0.1, -0.05) is 24.0 Å². The van der Waals surface area contributed by atoms with E-state index in [9.17, 15) is 4.79 Å². The topological polar surface area (TPSA) is 62.2 Å². The summed E-state index contributed by atoms with van der Waals surface area (Å²) in [5.74, 6) is 7.14. The fourth-order valence-electron chi connectivity index (χ4n) is 3.73. The van der Waals surface area contributed by atoms with Crippen LogP contribution in [0.15, 0.2) is 42.7 Å². The number of benzene rings is 1. The number of likely N-dealkylation sites (tertiary alicyclic amines) is 1. The minimum absolute atomic E-state index is 0.114. The van der Waals surface area contributed by atoms with Gasteiger partial charge in [-0.3, -0.25) is 4.79 Å². The summed E-state index contributed by atoms with van der Waals surface area (Å²) in [6.07, 6.45) is 3.59. The van der Waals surface area contributed by atoms with Crippen molar-refractivity contribution in [3.63, 3.8) is 0 Å². The van der Waals surface area contributed by atoms with Gasteiger partial charge >= 0.3 is 0 Å². The third-order valence-corrected chi connectivity index (χ3v) is 5.59. The molecule has 0 saturated carbocycles. The van der Waals surface area contributed by atoms with Gasteiger partial charge in [-0.15, -0.1) is 0 Å². The van der Waals surface area contributed by atoms with E-state index >= 15 is 0 Å². The zero-order valence-corrected chi connectivity index (χ0v) is 16.3. The number of hydrogen-bond acceptors (Lipinski definition) is 5. The monoisotopic (exact) mass is 383 g/mol. The van der Waals surface area contributed by atoms with Crippen LogP contribution in [0.5, 0.6) is 0 Å². The number of amides is 1. The second-order valence-corrected chi connectivity index (χ2v) is 7.55. The Balaban J connectivity index is 1.48. The predicted molar refractivity (Wildman–Crippen MR) is 112 cm³/mol. The van der Waals surface area contributed by atoms with Crippen molar-refractivity contribution in [2.24, 2.45) is 5.92 Å². The summed E-state index contributed by atoms with van der Waals surface area (Å²) in [6.45, 7) is 2.80. The van der Waals surface area contributed by atoms with Crippen molar-refractivity contribution < 1.29 is 4.79 Å². The number of nitrogens with zero attached hydrogens (tertiary/aromatic N) is 5. The first-order valence-electron chi connectivity index (χ1n) is 9.93. The number of anilines is 1. The fraction of sp³-hybridized carbons (Fsp3) is 0.304. The maximum absolute atomic E-state index is 12.1. The summed E-state index contributed by atoms with van der Waals surface area (Å²) in [4.78, 5) is 29.7. The Morgan fingerprint density at radius 1 is 1.10 bits per heavy atom. The maximum Gasteiger partial charge on any atom is 0.237 e. The smallest absolute Gasteiger partial charge is 0.237 e. The van der Waals surface area contributed by atoms with Gasteiger partial charge in [0.2, 0.25) is 5.91 Å². The lowest BCUT2D eigenvalue weighted by Gasteiger charge is -2.32. The Hall–Kier alpha value is -3.46. The van der Waals surface area contributed by atoms with Gasteiger partial charge in [-0.2, -0.15) is 0 Å². The van der Waals surface area contributed by atoms with Crippen LogP contribution in [0.3, 0.4) is 0 Å². The van der Waals surface area contributed by atoms with Gasteiger partial charge < -0.3 is 9.80 Å². The molecule has 0 unspecified atom stereocenters. The standard InChI is InChI=1S/C23H21N5O/c1-27-13-10-17(23(27)29)7-6-16-4-2-5-18(14-16)19-8-9-20-21(26-19)22(25-15-24-20)28-11-3-12-28/h2,4-5,8-9,14-15,17H,3,10-13H2,1H3/t17-/m0/s1. The average Bonchev–Trinajstić information content (AvgIpc) is 3.03. The van der Waals surface area contributed by atoms with Crippen LogP contribution >= 0.6 is 0 Å². The molecular weight excluding hydrogens is 362 g/mol. The molecule has 2 saturated heterocycles. The number of aromatic nitrogens is 3. The van der Waals surface area contributed by atoms with Crippen molar-refractivity contribution in [1.82, 2.24) is 19.9 Å². The van der Waals surface area contributed by atoms with E-state index in [0.717, 1.165) is 59.7 Å². The second kappa shape index (κ2) is 7.17.